The first kappa shape index (κ1) is 25.0. The van der Waals surface area contributed by atoms with Gasteiger partial charge in [0.1, 0.15) is 0 Å². The van der Waals surface area contributed by atoms with E-state index in [0.717, 1.165) is 23.7 Å². The first-order valence-corrected chi connectivity index (χ1v) is 12.5. The van der Waals surface area contributed by atoms with Crippen molar-refractivity contribution in [2.45, 2.75) is 119 Å². The Balaban J connectivity index is 0.000000271. The second-order valence-corrected chi connectivity index (χ2v) is 10.9. The molecule has 1 saturated heterocycles. The molecule has 2 fully saturated rings. The van der Waals surface area contributed by atoms with Gasteiger partial charge in [0.25, 0.3) is 0 Å². The summed E-state index contributed by atoms with van der Waals surface area (Å²) in [5.74, 6) is 4.03. The molecule has 1 saturated carbocycles. The number of hydrogen-bond acceptors (Lipinski definition) is 1. The summed E-state index contributed by atoms with van der Waals surface area (Å²) in [5, 5.41) is 0. The van der Waals surface area contributed by atoms with E-state index in [4.69, 9.17) is 0 Å². The summed E-state index contributed by atoms with van der Waals surface area (Å²) < 4.78 is 0. The first-order valence-electron chi connectivity index (χ1n) is 12.5. The predicted molar refractivity (Wildman–Crippen MR) is 123 cm³/mol. The lowest BCUT2D eigenvalue weighted by atomic mass is 9.65. The third kappa shape index (κ3) is 10.3. The zero-order valence-electron chi connectivity index (χ0n) is 20.2. The molecule has 4 atom stereocenters. The average molecular weight is 380 g/mol. The van der Waals surface area contributed by atoms with Crippen LogP contribution in [0.4, 0.5) is 0 Å². The summed E-state index contributed by atoms with van der Waals surface area (Å²) in [6, 6.07) is 0. The van der Waals surface area contributed by atoms with Crippen molar-refractivity contribution in [1.29, 1.82) is 0 Å². The molecule has 0 amide bonds. The van der Waals surface area contributed by atoms with E-state index in [-0.39, 0.29) is 0 Å². The van der Waals surface area contributed by atoms with Crippen LogP contribution in [0.5, 0.6) is 0 Å². The maximum Gasteiger partial charge on any atom is 0.000683 e. The van der Waals surface area contributed by atoms with E-state index in [1.54, 1.807) is 0 Å². The molecular weight excluding hydrogens is 326 g/mol. The Hall–Kier alpha value is -0.0400. The maximum absolute atomic E-state index is 2.53. The molecule has 27 heavy (non-hydrogen) atoms. The zero-order chi connectivity index (χ0) is 20.3. The van der Waals surface area contributed by atoms with Gasteiger partial charge in [-0.3, -0.25) is 0 Å². The van der Waals surface area contributed by atoms with E-state index in [1.807, 2.05) is 0 Å². The van der Waals surface area contributed by atoms with Crippen LogP contribution >= 0.6 is 0 Å². The maximum atomic E-state index is 2.53. The van der Waals surface area contributed by atoms with Crippen LogP contribution < -0.4 is 0 Å². The van der Waals surface area contributed by atoms with Gasteiger partial charge in [0.2, 0.25) is 0 Å². The topological polar surface area (TPSA) is 3.24 Å². The zero-order valence-corrected chi connectivity index (χ0v) is 20.2. The summed E-state index contributed by atoms with van der Waals surface area (Å²) in [4.78, 5) is 2.53. The molecule has 1 heterocycles. The van der Waals surface area contributed by atoms with Crippen LogP contribution in [0.15, 0.2) is 0 Å². The molecular formula is C26H53N. The number of piperidine rings is 1. The van der Waals surface area contributed by atoms with Crippen molar-refractivity contribution >= 4 is 0 Å². The lowest BCUT2D eigenvalue weighted by Crippen LogP contribution is -2.37. The van der Waals surface area contributed by atoms with Crippen molar-refractivity contribution in [1.82, 2.24) is 4.90 Å². The molecule has 1 aliphatic carbocycles. The molecule has 2 rings (SSSR count). The van der Waals surface area contributed by atoms with E-state index in [0.29, 0.717) is 5.41 Å². The summed E-state index contributed by atoms with van der Waals surface area (Å²) in [6.07, 6.45) is 17.2. The van der Waals surface area contributed by atoms with Crippen molar-refractivity contribution < 1.29 is 0 Å². The second-order valence-electron chi connectivity index (χ2n) is 10.9. The van der Waals surface area contributed by atoms with Gasteiger partial charge < -0.3 is 4.90 Å². The normalized spacial score (nSPS) is 31.2. The molecule has 0 bridgehead atoms. The highest BCUT2D eigenvalue weighted by Crippen LogP contribution is 2.44. The monoisotopic (exact) mass is 379 g/mol. The predicted octanol–water partition coefficient (Wildman–Crippen LogP) is 8.18. The van der Waals surface area contributed by atoms with Crippen molar-refractivity contribution in [2.75, 3.05) is 20.1 Å². The standard InChI is InChI=1S/C14H28.C12H25N/c1-5-7-12-9-13(8-6-2)11-14(3,4)10-12;1-4-6-11-8-12(7-5-2)10-13(3)9-11/h12-13H,5-11H2,1-4H3;11-12H,4-10H2,1-3H3. The van der Waals surface area contributed by atoms with Gasteiger partial charge in [-0.1, -0.05) is 80.1 Å². The van der Waals surface area contributed by atoms with Gasteiger partial charge >= 0.3 is 0 Å². The van der Waals surface area contributed by atoms with Gasteiger partial charge in [0, 0.05) is 13.1 Å². The number of hydrogen-bond donors (Lipinski definition) is 0. The molecule has 4 unspecified atom stereocenters. The van der Waals surface area contributed by atoms with E-state index in [9.17, 15) is 0 Å². The summed E-state index contributed by atoms with van der Waals surface area (Å²) in [5.41, 5.74) is 0.623. The number of nitrogens with zero attached hydrogens (tertiary/aromatic N) is 1. The smallest absolute Gasteiger partial charge is 0.000683 e. The van der Waals surface area contributed by atoms with Crippen LogP contribution in [0, 0.1) is 29.1 Å². The largest absolute Gasteiger partial charge is 0.306 e. The molecule has 0 aromatic rings. The Kier molecular flexibility index (Phi) is 12.3. The van der Waals surface area contributed by atoms with E-state index in [1.165, 1.54) is 90.1 Å². The molecule has 0 N–H and O–H groups in total. The molecule has 0 radical (unpaired) electrons. The Morgan fingerprint density at radius 2 is 0.963 bits per heavy atom. The van der Waals surface area contributed by atoms with Gasteiger partial charge in [0.15, 0.2) is 0 Å². The molecule has 0 spiro atoms. The minimum atomic E-state index is 0.623. The minimum Gasteiger partial charge on any atom is -0.306 e. The number of likely N-dealkylation sites (tertiary alicyclic amines) is 1. The highest BCUT2D eigenvalue weighted by molar-refractivity contribution is 4.84. The fourth-order valence-electron chi connectivity index (χ4n) is 6.35. The van der Waals surface area contributed by atoms with Crippen LogP contribution in [0.2, 0.25) is 0 Å². The van der Waals surface area contributed by atoms with E-state index in [2.05, 4.69) is 53.5 Å². The summed E-state index contributed by atoms with van der Waals surface area (Å²) in [7, 11) is 2.28. The average Bonchev–Trinajstić information content (AvgIpc) is 2.54. The second kappa shape index (κ2) is 13.2. The van der Waals surface area contributed by atoms with Crippen LogP contribution in [0.25, 0.3) is 0 Å². The third-order valence-electron chi connectivity index (χ3n) is 6.94. The van der Waals surface area contributed by atoms with Gasteiger partial charge in [0.05, 0.1) is 0 Å². The van der Waals surface area contributed by atoms with Crippen molar-refractivity contribution in [3.8, 4) is 0 Å². The molecule has 1 heteroatoms. The Bertz CT molecular complexity index is 331. The van der Waals surface area contributed by atoms with E-state index >= 15 is 0 Å². The van der Waals surface area contributed by atoms with Crippen molar-refractivity contribution in [3.63, 3.8) is 0 Å². The molecule has 0 aromatic heterocycles. The quantitative estimate of drug-likeness (QED) is 0.411. The van der Waals surface area contributed by atoms with Gasteiger partial charge in [-0.2, -0.15) is 0 Å². The third-order valence-corrected chi connectivity index (χ3v) is 6.94. The van der Waals surface area contributed by atoms with Gasteiger partial charge in [-0.15, -0.1) is 0 Å². The molecule has 1 nitrogen and oxygen atoms in total. The van der Waals surface area contributed by atoms with Crippen molar-refractivity contribution in [2.24, 2.45) is 29.1 Å². The van der Waals surface area contributed by atoms with Crippen LogP contribution in [0.3, 0.4) is 0 Å². The summed E-state index contributed by atoms with van der Waals surface area (Å²) in [6.45, 7) is 16.9. The summed E-state index contributed by atoms with van der Waals surface area (Å²) >= 11 is 0. The SMILES string of the molecule is CCCC1CC(CCC)CC(C)(C)C1.CCCC1CC(CCC)CN(C)C1. The lowest BCUT2D eigenvalue weighted by Gasteiger charge is -2.40. The van der Waals surface area contributed by atoms with Gasteiger partial charge in [-0.25, -0.2) is 0 Å². The minimum absolute atomic E-state index is 0.623. The highest BCUT2D eigenvalue weighted by atomic mass is 15.1. The lowest BCUT2D eigenvalue weighted by molar-refractivity contribution is 0.112. The Morgan fingerprint density at radius 3 is 1.33 bits per heavy atom. The van der Waals surface area contributed by atoms with Crippen LogP contribution in [-0.2, 0) is 0 Å². The Morgan fingerprint density at radius 1 is 0.630 bits per heavy atom. The van der Waals surface area contributed by atoms with Crippen LogP contribution in [-0.4, -0.2) is 25.0 Å². The molecule has 2 aliphatic rings. The van der Waals surface area contributed by atoms with Crippen LogP contribution in [0.1, 0.15) is 119 Å². The van der Waals surface area contributed by atoms with E-state index < -0.39 is 0 Å². The fourth-order valence-corrected chi connectivity index (χ4v) is 6.35. The molecule has 0 aromatic carbocycles. The fraction of sp³-hybridized carbons (Fsp3) is 1.00. The first-order chi connectivity index (χ1) is 12.8. The molecule has 1 aliphatic heterocycles. The van der Waals surface area contributed by atoms with Gasteiger partial charge in [-0.05, 0) is 74.7 Å². The van der Waals surface area contributed by atoms with Crippen molar-refractivity contribution in [3.05, 3.63) is 0 Å². The molecule has 162 valence electrons. The Labute approximate surface area is 173 Å². The highest BCUT2D eigenvalue weighted by Gasteiger charge is 2.32. The number of rotatable bonds is 8.